The highest BCUT2D eigenvalue weighted by Crippen LogP contribution is 2.15. The summed E-state index contributed by atoms with van der Waals surface area (Å²) in [6.07, 6.45) is 0. The molecule has 0 bridgehead atoms. The Balaban J connectivity index is 0.00000191. The molecule has 0 unspecified atom stereocenters. The lowest BCUT2D eigenvalue weighted by Crippen LogP contribution is -2.46. The summed E-state index contributed by atoms with van der Waals surface area (Å²) in [5.74, 6) is 0. The summed E-state index contributed by atoms with van der Waals surface area (Å²) >= 11 is 0. The van der Waals surface area contributed by atoms with Crippen LogP contribution >= 0.6 is 0 Å². The predicted molar refractivity (Wildman–Crippen MR) is 89.8 cm³/mol. The molecule has 0 atom stereocenters. The van der Waals surface area contributed by atoms with Crippen molar-refractivity contribution in [3.8, 4) is 0 Å². The fraction of sp³-hybridized carbons (Fsp3) is 1.00. The number of hydrogen-bond donors (Lipinski definition) is 2. The van der Waals surface area contributed by atoms with Crippen LogP contribution in [0.3, 0.4) is 0 Å². The quantitative estimate of drug-likeness (QED) is 0.711. The fourth-order valence-electron chi connectivity index (χ4n) is 1.86. The molecule has 1 saturated heterocycles. The van der Waals surface area contributed by atoms with Gasteiger partial charge in [0.25, 0.3) is 0 Å². The summed E-state index contributed by atoms with van der Waals surface area (Å²) in [6.45, 7) is 19.4. The van der Waals surface area contributed by atoms with E-state index in [1.807, 2.05) is 27.7 Å². The lowest BCUT2D eigenvalue weighted by molar-refractivity contribution is -0.119. The third kappa shape index (κ3) is 10.2. The van der Waals surface area contributed by atoms with Crippen molar-refractivity contribution in [2.24, 2.45) is 5.73 Å². The van der Waals surface area contributed by atoms with Gasteiger partial charge < -0.3 is 20.5 Å². The molecule has 0 radical (unpaired) electrons. The first-order valence-electron chi connectivity index (χ1n) is 8.26. The summed E-state index contributed by atoms with van der Waals surface area (Å²) in [5.41, 5.74) is 5.11. The van der Waals surface area contributed by atoms with Crippen molar-refractivity contribution >= 4 is 0 Å². The van der Waals surface area contributed by atoms with Gasteiger partial charge in [-0.05, 0) is 27.7 Å². The van der Waals surface area contributed by atoms with Crippen molar-refractivity contribution in [1.82, 2.24) is 10.2 Å². The minimum absolute atomic E-state index is 0.263. The second-order valence-corrected chi connectivity index (χ2v) is 6.45. The van der Waals surface area contributed by atoms with Gasteiger partial charge in [-0.15, -0.1) is 0 Å². The van der Waals surface area contributed by atoms with Crippen molar-refractivity contribution in [3.05, 3.63) is 0 Å². The van der Waals surface area contributed by atoms with Crippen LogP contribution in [0.5, 0.6) is 0 Å². The van der Waals surface area contributed by atoms with E-state index < -0.39 is 0 Å². The molecule has 0 aromatic rings. The van der Waals surface area contributed by atoms with Gasteiger partial charge in [0.1, 0.15) is 0 Å². The number of ether oxygens (including phenoxy) is 2. The zero-order chi connectivity index (χ0) is 16.4. The predicted octanol–water partition coefficient (Wildman–Crippen LogP) is 1.47. The second kappa shape index (κ2) is 10.5. The number of nitrogens with two attached hydrogens (primary N) is 1. The molecular formula is C16H37N3O2. The lowest BCUT2D eigenvalue weighted by Gasteiger charge is -2.33. The molecule has 1 fully saturated rings. The van der Waals surface area contributed by atoms with Gasteiger partial charge >= 0.3 is 0 Å². The molecule has 3 N–H and O–H groups in total. The van der Waals surface area contributed by atoms with Crippen LogP contribution in [-0.2, 0) is 9.47 Å². The Morgan fingerprint density at radius 3 is 2.10 bits per heavy atom. The normalized spacial score (nSPS) is 17.3. The van der Waals surface area contributed by atoms with Gasteiger partial charge in [0.15, 0.2) is 0 Å². The first-order chi connectivity index (χ1) is 9.85. The molecule has 1 heterocycles. The van der Waals surface area contributed by atoms with E-state index >= 15 is 0 Å². The van der Waals surface area contributed by atoms with Gasteiger partial charge in [-0.3, -0.25) is 4.90 Å². The summed E-state index contributed by atoms with van der Waals surface area (Å²) in [5, 5.41) is 3.35. The van der Waals surface area contributed by atoms with Crippen LogP contribution in [0, 0.1) is 0 Å². The number of nitrogens with one attached hydrogen (secondary N) is 1. The monoisotopic (exact) mass is 303 g/mol. The first kappa shape index (κ1) is 20.8. The summed E-state index contributed by atoms with van der Waals surface area (Å²) < 4.78 is 11.8. The highest BCUT2D eigenvalue weighted by Gasteiger charge is 2.24. The van der Waals surface area contributed by atoms with E-state index in [0.29, 0.717) is 13.2 Å². The highest BCUT2D eigenvalue weighted by molar-refractivity contribution is 4.75. The molecule has 0 aromatic heterocycles. The molecule has 0 saturated carbocycles. The average molecular weight is 303 g/mol. The van der Waals surface area contributed by atoms with Crippen LogP contribution in [0.4, 0.5) is 0 Å². The maximum absolute atomic E-state index is 5.94. The largest absolute Gasteiger partial charge is 0.372 e. The van der Waals surface area contributed by atoms with Gasteiger partial charge in [0.2, 0.25) is 0 Å². The van der Waals surface area contributed by atoms with Crippen molar-refractivity contribution in [2.45, 2.75) is 52.7 Å². The van der Waals surface area contributed by atoms with Crippen molar-refractivity contribution in [1.29, 1.82) is 0 Å². The average Bonchev–Trinajstić information content (AvgIpc) is 2.49. The molecular weight excluding hydrogens is 266 g/mol. The number of nitrogens with zero attached hydrogens (tertiary/aromatic N) is 1. The van der Waals surface area contributed by atoms with E-state index in [1.165, 1.54) is 0 Å². The highest BCUT2D eigenvalue weighted by atomic mass is 16.6. The van der Waals surface area contributed by atoms with Crippen LogP contribution in [0.25, 0.3) is 0 Å². The van der Waals surface area contributed by atoms with Gasteiger partial charge in [-0.2, -0.15) is 0 Å². The molecule has 1 rings (SSSR count). The first-order valence-corrected chi connectivity index (χ1v) is 8.26. The third-order valence-electron chi connectivity index (χ3n) is 3.41. The Labute approximate surface area is 131 Å². The maximum Gasteiger partial charge on any atom is 0.0859 e. The molecule has 21 heavy (non-hydrogen) atoms. The van der Waals surface area contributed by atoms with Crippen LogP contribution in [0.2, 0.25) is 0 Å². The maximum atomic E-state index is 5.94. The molecule has 1 aliphatic rings. The second-order valence-electron chi connectivity index (χ2n) is 6.45. The molecule has 0 aliphatic carbocycles. The van der Waals surface area contributed by atoms with Crippen molar-refractivity contribution < 1.29 is 9.47 Å². The van der Waals surface area contributed by atoms with Crippen LogP contribution in [0.15, 0.2) is 0 Å². The molecule has 0 spiro atoms. The number of hydrogen-bond acceptors (Lipinski definition) is 5. The van der Waals surface area contributed by atoms with Crippen LogP contribution in [0.1, 0.15) is 41.5 Å². The van der Waals surface area contributed by atoms with Gasteiger partial charge in [0, 0.05) is 39.3 Å². The zero-order valence-electron chi connectivity index (χ0n) is 15.0. The smallest absolute Gasteiger partial charge is 0.0859 e. The summed E-state index contributed by atoms with van der Waals surface area (Å²) in [7, 11) is 0. The van der Waals surface area contributed by atoms with E-state index in [4.69, 9.17) is 15.2 Å². The Bertz CT molecular complexity index is 252. The van der Waals surface area contributed by atoms with E-state index in [2.05, 4.69) is 24.1 Å². The van der Waals surface area contributed by atoms with E-state index in [-0.39, 0.29) is 11.2 Å². The van der Waals surface area contributed by atoms with Gasteiger partial charge in [-0.25, -0.2) is 0 Å². The van der Waals surface area contributed by atoms with Crippen molar-refractivity contribution in [3.63, 3.8) is 0 Å². The Kier molecular flexibility index (Phi) is 10.4. The Morgan fingerprint density at radius 1 is 1.00 bits per heavy atom. The van der Waals surface area contributed by atoms with Crippen molar-refractivity contribution in [2.75, 3.05) is 52.5 Å². The third-order valence-corrected chi connectivity index (χ3v) is 3.41. The molecule has 5 heteroatoms. The minimum Gasteiger partial charge on any atom is -0.372 e. The minimum atomic E-state index is -0.279. The summed E-state index contributed by atoms with van der Waals surface area (Å²) in [4.78, 5) is 2.43. The Morgan fingerprint density at radius 2 is 1.57 bits per heavy atom. The van der Waals surface area contributed by atoms with E-state index in [9.17, 15) is 0 Å². The molecule has 0 amide bonds. The lowest BCUT2D eigenvalue weighted by atomic mass is 10.1. The van der Waals surface area contributed by atoms with E-state index in [0.717, 1.165) is 39.3 Å². The molecule has 0 aromatic carbocycles. The number of piperazine rings is 1. The summed E-state index contributed by atoms with van der Waals surface area (Å²) in [6, 6.07) is 0. The molecule has 5 nitrogen and oxygen atoms in total. The standard InChI is InChI=1S/C14H31N3O2.C2H6/c1-13(2,11-15)19-12-14(3,4)18-10-9-17-7-5-16-6-8-17;1-2/h16H,5-12,15H2,1-4H3;1-2H3. The zero-order valence-corrected chi connectivity index (χ0v) is 15.0. The SMILES string of the molecule is CC.CC(C)(CN)OCC(C)(C)OCCN1CCNCC1. The van der Waals surface area contributed by atoms with Crippen LogP contribution < -0.4 is 11.1 Å². The van der Waals surface area contributed by atoms with Gasteiger partial charge in [-0.1, -0.05) is 13.8 Å². The van der Waals surface area contributed by atoms with Gasteiger partial charge in [0.05, 0.1) is 24.4 Å². The van der Waals surface area contributed by atoms with E-state index in [1.54, 1.807) is 0 Å². The van der Waals surface area contributed by atoms with Crippen LogP contribution in [-0.4, -0.2) is 68.6 Å². The fourth-order valence-corrected chi connectivity index (χ4v) is 1.86. The number of rotatable bonds is 8. The molecule has 128 valence electrons. The topological polar surface area (TPSA) is 59.8 Å². The molecule has 1 aliphatic heterocycles. The Hall–Kier alpha value is -0.200.